The van der Waals surface area contributed by atoms with Crippen molar-refractivity contribution in [3.8, 4) is 0 Å². The number of nitrogens with zero attached hydrogens (tertiary/aromatic N) is 2. The lowest BCUT2D eigenvalue weighted by Gasteiger charge is -2.31. The van der Waals surface area contributed by atoms with Crippen molar-refractivity contribution in [3.63, 3.8) is 0 Å². The number of oxazole rings is 1. The fourth-order valence-electron chi connectivity index (χ4n) is 4.13. The van der Waals surface area contributed by atoms with Gasteiger partial charge in [0.05, 0.1) is 6.92 Å². The Hall–Kier alpha value is -2.07. The Bertz CT molecular complexity index is 804. The predicted molar refractivity (Wildman–Crippen MR) is 105 cm³/mol. The lowest BCUT2D eigenvalue weighted by atomic mass is 9.89. The first kappa shape index (κ1) is 17.3. The first-order valence-corrected chi connectivity index (χ1v) is 9.89. The molecule has 1 unspecified atom stereocenters. The summed E-state index contributed by atoms with van der Waals surface area (Å²) < 4.78 is 8.58. The van der Waals surface area contributed by atoms with Gasteiger partial charge in [0.2, 0.25) is 5.76 Å². The summed E-state index contributed by atoms with van der Waals surface area (Å²) in [6.45, 7) is 8.56. The average molecular weight is 353 g/mol. The van der Waals surface area contributed by atoms with Gasteiger partial charge in [0, 0.05) is 31.8 Å². The zero-order chi connectivity index (χ0) is 18.1. The second-order valence-corrected chi connectivity index (χ2v) is 7.64. The molecule has 1 aliphatic heterocycles. The molecule has 0 aromatic carbocycles. The van der Waals surface area contributed by atoms with Gasteiger partial charge in [-0.15, -0.1) is 0 Å². The van der Waals surface area contributed by atoms with E-state index in [4.69, 9.17) is 4.42 Å². The number of hydrogen-bond donors (Lipinski definition) is 1. The van der Waals surface area contributed by atoms with Gasteiger partial charge in [-0.3, -0.25) is 0 Å². The van der Waals surface area contributed by atoms with Crippen LogP contribution in [-0.4, -0.2) is 31.1 Å². The summed E-state index contributed by atoms with van der Waals surface area (Å²) in [5, 5.41) is 3.47. The highest BCUT2D eigenvalue weighted by Gasteiger charge is 2.34. The zero-order valence-electron chi connectivity index (χ0n) is 16.2. The Balaban J connectivity index is 1.86. The highest BCUT2D eigenvalue weighted by Crippen LogP contribution is 2.37. The number of allylic oxidation sites excluding steroid dienone is 7. The molecule has 4 rings (SSSR count). The maximum absolute atomic E-state index is 6.35. The van der Waals surface area contributed by atoms with E-state index in [1.165, 1.54) is 22.5 Å². The minimum absolute atomic E-state index is 0.499. The van der Waals surface area contributed by atoms with E-state index < -0.39 is 0 Å². The second kappa shape index (κ2) is 7.28. The molecule has 2 aliphatic carbocycles. The fraction of sp³-hybridized carbons (Fsp3) is 0.500. The van der Waals surface area contributed by atoms with E-state index in [-0.39, 0.29) is 0 Å². The van der Waals surface area contributed by atoms with Crippen molar-refractivity contribution in [1.29, 1.82) is 0 Å². The van der Waals surface area contributed by atoms with Gasteiger partial charge < -0.3 is 14.6 Å². The van der Waals surface area contributed by atoms with E-state index in [0.29, 0.717) is 5.92 Å². The van der Waals surface area contributed by atoms with Crippen LogP contribution >= 0.6 is 0 Å². The summed E-state index contributed by atoms with van der Waals surface area (Å²) in [6.07, 6.45) is 14.8. The van der Waals surface area contributed by atoms with Crippen LogP contribution in [0.1, 0.15) is 43.5 Å². The molecule has 0 amide bonds. The van der Waals surface area contributed by atoms with Crippen LogP contribution in [0.5, 0.6) is 0 Å². The van der Waals surface area contributed by atoms with Crippen molar-refractivity contribution in [3.05, 3.63) is 53.3 Å². The van der Waals surface area contributed by atoms with Crippen LogP contribution in [-0.2, 0) is 7.05 Å². The first-order chi connectivity index (χ1) is 12.6. The maximum atomic E-state index is 6.35. The van der Waals surface area contributed by atoms with Gasteiger partial charge in [-0.1, -0.05) is 37.3 Å². The van der Waals surface area contributed by atoms with Gasteiger partial charge in [-0.25, -0.2) is 0 Å². The normalized spacial score (nSPS) is 23.6. The van der Waals surface area contributed by atoms with Crippen molar-refractivity contribution in [2.75, 3.05) is 26.2 Å². The summed E-state index contributed by atoms with van der Waals surface area (Å²) in [7, 11) is 2.13. The summed E-state index contributed by atoms with van der Waals surface area (Å²) in [5.41, 5.74) is 5.26. The van der Waals surface area contributed by atoms with E-state index in [9.17, 15) is 0 Å². The molecule has 4 heteroatoms. The number of hydrogen-bond acceptors (Lipinski definition) is 3. The molecular formula is C22H30N3O+. The molecule has 0 spiro atoms. The van der Waals surface area contributed by atoms with Gasteiger partial charge in [-0.05, 0) is 30.8 Å². The van der Waals surface area contributed by atoms with Crippen molar-refractivity contribution in [2.45, 2.75) is 33.1 Å². The van der Waals surface area contributed by atoms with E-state index in [2.05, 4.69) is 66.1 Å². The molecule has 138 valence electrons. The Morgan fingerprint density at radius 1 is 1.27 bits per heavy atom. The minimum atomic E-state index is 0.499. The van der Waals surface area contributed by atoms with Gasteiger partial charge >= 0.3 is 5.89 Å². The molecule has 1 aromatic heterocycles. The largest absolute Gasteiger partial charge is 0.401 e. The van der Waals surface area contributed by atoms with Gasteiger partial charge in [-0.2, -0.15) is 4.57 Å². The van der Waals surface area contributed by atoms with Gasteiger partial charge in [0.15, 0.2) is 0 Å². The molecule has 2 heterocycles. The summed E-state index contributed by atoms with van der Waals surface area (Å²) in [5.74, 6) is 2.50. The third kappa shape index (κ3) is 3.18. The molecule has 4 nitrogen and oxygen atoms in total. The summed E-state index contributed by atoms with van der Waals surface area (Å²) in [4.78, 5) is 2.52. The van der Waals surface area contributed by atoms with Crippen LogP contribution in [0.2, 0.25) is 0 Å². The molecule has 1 aromatic rings. The van der Waals surface area contributed by atoms with Crippen molar-refractivity contribution < 1.29 is 8.98 Å². The molecule has 1 saturated heterocycles. The highest BCUT2D eigenvalue weighted by atomic mass is 16.4. The molecule has 1 atom stereocenters. The number of fused-ring (bicyclic) bond motifs is 1. The van der Waals surface area contributed by atoms with Crippen LogP contribution in [0, 0.1) is 12.8 Å². The monoisotopic (exact) mass is 352 g/mol. The number of aromatic nitrogens is 1. The Morgan fingerprint density at radius 2 is 2.08 bits per heavy atom. The standard InChI is InChI=1S/C22H30N3O/c1-16-9-10-20(25-13-11-23-12-14-25)21-22(26-17(2)24(21)3)19(15-16)18-7-5-4-6-8-18/h4-5,7,10,15-16,23H,6,8-9,11-14H2,1-3H3/q+1. The first-order valence-electron chi connectivity index (χ1n) is 9.89. The third-order valence-corrected chi connectivity index (χ3v) is 5.71. The molecule has 0 radical (unpaired) electrons. The predicted octanol–water partition coefficient (Wildman–Crippen LogP) is 3.36. The minimum Gasteiger partial charge on any atom is -0.401 e. The summed E-state index contributed by atoms with van der Waals surface area (Å²) in [6, 6.07) is 0. The molecular weight excluding hydrogens is 322 g/mol. The van der Waals surface area contributed by atoms with E-state index >= 15 is 0 Å². The van der Waals surface area contributed by atoms with Crippen LogP contribution in [0.25, 0.3) is 11.3 Å². The zero-order valence-corrected chi connectivity index (χ0v) is 16.2. The summed E-state index contributed by atoms with van der Waals surface area (Å²) >= 11 is 0. The van der Waals surface area contributed by atoms with E-state index in [0.717, 1.165) is 57.1 Å². The number of piperazine rings is 1. The molecule has 3 aliphatic rings. The van der Waals surface area contributed by atoms with Crippen LogP contribution in [0.15, 0.2) is 40.4 Å². The van der Waals surface area contributed by atoms with Gasteiger partial charge in [0.1, 0.15) is 12.7 Å². The van der Waals surface area contributed by atoms with Crippen molar-refractivity contribution in [2.24, 2.45) is 13.0 Å². The molecule has 26 heavy (non-hydrogen) atoms. The lowest BCUT2D eigenvalue weighted by molar-refractivity contribution is -0.683. The molecule has 1 fully saturated rings. The number of rotatable bonds is 2. The van der Waals surface area contributed by atoms with Crippen LogP contribution in [0.4, 0.5) is 0 Å². The quantitative estimate of drug-likeness (QED) is 0.829. The lowest BCUT2D eigenvalue weighted by Crippen LogP contribution is -2.45. The Labute approximate surface area is 156 Å². The van der Waals surface area contributed by atoms with Crippen molar-refractivity contribution in [1.82, 2.24) is 10.2 Å². The molecule has 0 saturated carbocycles. The average Bonchev–Trinajstić information content (AvgIpc) is 2.95. The van der Waals surface area contributed by atoms with E-state index in [1.54, 1.807) is 0 Å². The highest BCUT2D eigenvalue weighted by molar-refractivity contribution is 5.83. The Morgan fingerprint density at radius 3 is 2.81 bits per heavy atom. The smallest absolute Gasteiger partial charge is 0.344 e. The SMILES string of the molecule is Cc1oc2c([n+]1C)C(N1CCNCC1)=CCC(C)C=C2C1=CC=CCC1. The van der Waals surface area contributed by atoms with Gasteiger partial charge in [0.25, 0.3) is 5.69 Å². The van der Waals surface area contributed by atoms with Crippen molar-refractivity contribution >= 4 is 11.3 Å². The van der Waals surface area contributed by atoms with E-state index in [1.807, 2.05) is 0 Å². The fourth-order valence-corrected chi connectivity index (χ4v) is 4.13. The van der Waals surface area contributed by atoms with Crippen LogP contribution in [0.3, 0.4) is 0 Å². The number of nitrogens with one attached hydrogen (secondary N) is 1. The number of aryl methyl sites for hydroxylation is 1. The van der Waals surface area contributed by atoms with Crippen LogP contribution < -0.4 is 9.88 Å². The molecule has 0 bridgehead atoms. The topological polar surface area (TPSA) is 32.3 Å². The third-order valence-electron chi connectivity index (χ3n) is 5.71. The second-order valence-electron chi connectivity index (χ2n) is 7.64. The molecule has 1 N–H and O–H groups in total. The maximum Gasteiger partial charge on any atom is 0.344 e. The Kier molecular flexibility index (Phi) is 4.86.